The Hall–Kier alpha value is -1.19. The number of carbonyl (C=O) groups excluding carboxylic acids is 1. The molecule has 18 heavy (non-hydrogen) atoms. The number of aryl methyl sites for hydroxylation is 1. The first kappa shape index (κ1) is 13.2. The molecule has 2 rings (SSSR count). The number of hydrogen-bond donors (Lipinski definition) is 0. The Kier molecular flexibility index (Phi) is 4.15. The molecular weight excluding hydrogens is 226 g/mol. The van der Waals surface area contributed by atoms with E-state index in [0.29, 0.717) is 19.2 Å². The number of carbonyl (C=O) groups is 1. The van der Waals surface area contributed by atoms with E-state index in [1.54, 1.807) is 0 Å². The highest BCUT2D eigenvalue weighted by Crippen LogP contribution is 2.14. The first-order valence-corrected chi connectivity index (χ1v) is 6.54. The van der Waals surface area contributed by atoms with E-state index in [1.807, 2.05) is 31.2 Å². The van der Waals surface area contributed by atoms with Gasteiger partial charge in [0.1, 0.15) is 6.10 Å². The van der Waals surface area contributed by atoms with Gasteiger partial charge in [0.15, 0.2) is 5.78 Å². The molecule has 1 heterocycles. The van der Waals surface area contributed by atoms with Crippen LogP contribution < -0.4 is 0 Å². The quantitative estimate of drug-likeness (QED) is 0.767. The summed E-state index contributed by atoms with van der Waals surface area (Å²) in [6, 6.07) is 8.18. The molecule has 0 saturated carbocycles. The minimum atomic E-state index is -0.317. The van der Waals surface area contributed by atoms with Gasteiger partial charge >= 0.3 is 0 Å². The van der Waals surface area contributed by atoms with Crippen molar-refractivity contribution in [2.75, 3.05) is 19.7 Å². The second-order valence-corrected chi connectivity index (χ2v) is 5.18. The fraction of sp³-hybridized carbons (Fsp3) is 0.533. The van der Waals surface area contributed by atoms with Crippen molar-refractivity contribution in [3.8, 4) is 0 Å². The Morgan fingerprint density at radius 3 is 2.89 bits per heavy atom. The first-order chi connectivity index (χ1) is 8.58. The molecule has 1 atom stereocenters. The molecule has 1 saturated heterocycles. The van der Waals surface area contributed by atoms with Crippen LogP contribution in [0.15, 0.2) is 24.3 Å². The predicted octanol–water partition coefficient (Wildman–Crippen LogP) is 2.29. The lowest BCUT2D eigenvalue weighted by molar-refractivity contribution is -0.0256. The van der Waals surface area contributed by atoms with E-state index in [4.69, 9.17) is 4.74 Å². The average Bonchev–Trinajstić information content (AvgIpc) is 2.38. The number of morpholine rings is 1. The fourth-order valence-corrected chi connectivity index (χ4v) is 2.28. The van der Waals surface area contributed by atoms with Gasteiger partial charge in [-0.1, -0.05) is 23.8 Å². The van der Waals surface area contributed by atoms with Gasteiger partial charge in [-0.05, 0) is 26.8 Å². The smallest absolute Gasteiger partial charge is 0.192 e. The van der Waals surface area contributed by atoms with Crippen molar-refractivity contribution in [1.29, 1.82) is 0 Å². The molecule has 0 radical (unpaired) electrons. The Bertz CT molecular complexity index is 428. The monoisotopic (exact) mass is 247 g/mol. The Morgan fingerprint density at radius 2 is 2.22 bits per heavy atom. The van der Waals surface area contributed by atoms with Crippen LogP contribution in [-0.4, -0.2) is 42.5 Å². The first-order valence-electron chi connectivity index (χ1n) is 6.54. The lowest BCUT2D eigenvalue weighted by atomic mass is 10.0. The lowest BCUT2D eigenvalue weighted by Crippen LogP contribution is -2.48. The van der Waals surface area contributed by atoms with E-state index in [9.17, 15) is 4.79 Å². The summed E-state index contributed by atoms with van der Waals surface area (Å²) in [5.74, 6) is 0.101. The maximum atomic E-state index is 12.4. The van der Waals surface area contributed by atoms with Crippen LogP contribution in [0.4, 0.5) is 0 Å². The summed E-state index contributed by atoms with van der Waals surface area (Å²) in [6.07, 6.45) is -0.317. The molecule has 1 unspecified atom stereocenters. The summed E-state index contributed by atoms with van der Waals surface area (Å²) >= 11 is 0. The van der Waals surface area contributed by atoms with Crippen LogP contribution in [-0.2, 0) is 4.74 Å². The van der Waals surface area contributed by atoms with Crippen molar-refractivity contribution >= 4 is 5.78 Å². The van der Waals surface area contributed by atoms with Gasteiger partial charge in [0.25, 0.3) is 0 Å². The third-order valence-electron chi connectivity index (χ3n) is 3.42. The van der Waals surface area contributed by atoms with Crippen molar-refractivity contribution in [1.82, 2.24) is 4.90 Å². The van der Waals surface area contributed by atoms with Gasteiger partial charge in [-0.3, -0.25) is 9.69 Å². The van der Waals surface area contributed by atoms with E-state index in [1.165, 1.54) is 0 Å². The largest absolute Gasteiger partial charge is 0.367 e. The molecule has 1 fully saturated rings. The highest BCUT2D eigenvalue weighted by Gasteiger charge is 2.28. The van der Waals surface area contributed by atoms with Crippen molar-refractivity contribution in [3.05, 3.63) is 35.4 Å². The molecule has 3 heteroatoms. The van der Waals surface area contributed by atoms with Crippen LogP contribution >= 0.6 is 0 Å². The van der Waals surface area contributed by atoms with Gasteiger partial charge in [0, 0.05) is 24.7 Å². The fourth-order valence-electron chi connectivity index (χ4n) is 2.28. The Labute approximate surface area is 109 Å². The molecule has 98 valence electrons. The molecule has 1 aromatic carbocycles. The third-order valence-corrected chi connectivity index (χ3v) is 3.42. The molecule has 1 aliphatic rings. The van der Waals surface area contributed by atoms with Crippen LogP contribution in [0.5, 0.6) is 0 Å². The van der Waals surface area contributed by atoms with Crippen LogP contribution in [0.3, 0.4) is 0 Å². The van der Waals surface area contributed by atoms with Crippen molar-refractivity contribution in [2.45, 2.75) is 32.9 Å². The number of ether oxygens (including phenoxy) is 1. The standard InChI is InChI=1S/C15H21NO2/c1-11(2)16-7-8-18-14(10-16)15(17)13-6-4-5-12(3)9-13/h4-6,9,11,14H,7-8,10H2,1-3H3. The summed E-state index contributed by atoms with van der Waals surface area (Å²) in [4.78, 5) is 14.7. The number of Topliss-reactive ketones (excluding diaryl/α,β-unsaturated/α-hetero) is 1. The zero-order chi connectivity index (χ0) is 13.1. The normalized spacial score (nSPS) is 21.2. The number of ketones is 1. The topological polar surface area (TPSA) is 29.5 Å². The van der Waals surface area contributed by atoms with Crippen molar-refractivity contribution in [2.24, 2.45) is 0 Å². The zero-order valence-electron chi connectivity index (χ0n) is 11.3. The Morgan fingerprint density at radius 1 is 1.44 bits per heavy atom. The molecule has 0 spiro atoms. The average molecular weight is 247 g/mol. The maximum Gasteiger partial charge on any atom is 0.192 e. The number of nitrogens with zero attached hydrogens (tertiary/aromatic N) is 1. The van der Waals surface area contributed by atoms with Crippen LogP contribution in [0.25, 0.3) is 0 Å². The summed E-state index contributed by atoms with van der Waals surface area (Å²) in [7, 11) is 0. The molecule has 0 aromatic heterocycles. The van der Waals surface area contributed by atoms with Crippen molar-refractivity contribution < 1.29 is 9.53 Å². The minimum Gasteiger partial charge on any atom is -0.367 e. The van der Waals surface area contributed by atoms with Gasteiger partial charge in [-0.2, -0.15) is 0 Å². The summed E-state index contributed by atoms with van der Waals surface area (Å²) in [6.45, 7) is 8.55. The van der Waals surface area contributed by atoms with Gasteiger partial charge in [0.05, 0.1) is 6.61 Å². The van der Waals surface area contributed by atoms with Gasteiger partial charge < -0.3 is 4.74 Å². The van der Waals surface area contributed by atoms with E-state index in [0.717, 1.165) is 17.7 Å². The third kappa shape index (κ3) is 2.98. The second-order valence-electron chi connectivity index (χ2n) is 5.18. The van der Waals surface area contributed by atoms with Crippen LogP contribution in [0.2, 0.25) is 0 Å². The SMILES string of the molecule is Cc1cccc(C(=O)C2CN(C(C)C)CCO2)c1. The summed E-state index contributed by atoms with van der Waals surface area (Å²) in [5, 5.41) is 0. The molecule has 0 aliphatic carbocycles. The molecule has 3 nitrogen and oxygen atoms in total. The summed E-state index contributed by atoms with van der Waals surface area (Å²) in [5.41, 5.74) is 1.86. The van der Waals surface area contributed by atoms with Crippen LogP contribution in [0, 0.1) is 6.92 Å². The predicted molar refractivity (Wildman–Crippen MR) is 72.0 cm³/mol. The zero-order valence-corrected chi connectivity index (χ0v) is 11.3. The van der Waals surface area contributed by atoms with E-state index < -0.39 is 0 Å². The second kappa shape index (κ2) is 5.63. The van der Waals surface area contributed by atoms with Crippen molar-refractivity contribution in [3.63, 3.8) is 0 Å². The lowest BCUT2D eigenvalue weighted by Gasteiger charge is -2.34. The van der Waals surface area contributed by atoms with E-state index >= 15 is 0 Å². The summed E-state index contributed by atoms with van der Waals surface area (Å²) < 4.78 is 5.62. The van der Waals surface area contributed by atoms with Gasteiger partial charge in [-0.15, -0.1) is 0 Å². The molecule has 1 aliphatic heterocycles. The molecule has 1 aromatic rings. The van der Waals surface area contributed by atoms with E-state index in [2.05, 4.69) is 18.7 Å². The molecule has 0 bridgehead atoms. The highest BCUT2D eigenvalue weighted by molar-refractivity contribution is 5.99. The number of benzene rings is 1. The Balaban J connectivity index is 2.09. The van der Waals surface area contributed by atoms with E-state index in [-0.39, 0.29) is 11.9 Å². The minimum absolute atomic E-state index is 0.101. The number of hydrogen-bond acceptors (Lipinski definition) is 3. The molecule has 0 N–H and O–H groups in total. The van der Waals surface area contributed by atoms with Gasteiger partial charge in [-0.25, -0.2) is 0 Å². The number of rotatable bonds is 3. The molecular formula is C15H21NO2. The van der Waals surface area contributed by atoms with Crippen LogP contribution in [0.1, 0.15) is 29.8 Å². The molecule has 0 amide bonds. The maximum absolute atomic E-state index is 12.4. The highest BCUT2D eigenvalue weighted by atomic mass is 16.5. The van der Waals surface area contributed by atoms with Gasteiger partial charge in [0.2, 0.25) is 0 Å².